The molecule has 1 heterocycles. The maximum absolute atomic E-state index is 13.8. The molecule has 0 saturated carbocycles. The number of rotatable bonds is 4. The van der Waals surface area contributed by atoms with Crippen molar-refractivity contribution in [2.45, 2.75) is 18.8 Å². The first-order chi connectivity index (χ1) is 18.0. The quantitative estimate of drug-likeness (QED) is 0.191. The van der Waals surface area contributed by atoms with Gasteiger partial charge in [-0.05, 0) is 53.4 Å². The molecule has 37 heavy (non-hydrogen) atoms. The van der Waals surface area contributed by atoms with Crippen molar-refractivity contribution in [1.29, 1.82) is 5.26 Å². The molecular weight excluding hydrogens is 468 g/mol. The topological polar surface area (TPSA) is 108 Å². The molecule has 3 aromatic rings. The average Bonchev–Trinajstić information content (AvgIpc) is 3.19. The molecule has 2 unspecified atom stereocenters. The van der Waals surface area contributed by atoms with Crippen LogP contribution in [0.1, 0.15) is 46.6 Å². The molecule has 3 aromatic carbocycles. The zero-order valence-electron chi connectivity index (χ0n) is 19.9. The second kappa shape index (κ2) is 8.45. The van der Waals surface area contributed by atoms with Crippen LogP contribution in [-0.2, 0) is 19.1 Å². The Morgan fingerprint density at radius 3 is 1.73 bits per heavy atom. The Bertz CT molecular complexity index is 1430. The first-order valence-electron chi connectivity index (χ1n) is 12.1. The number of hydrogen-bond donors (Lipinski definition) is 1. The SMILES string of the molecule is CCOC(=O)C(C#N)=C(O)c1ccc(N2C(=O)C3C4c5ccccc5C(c5ccccc54)C3C2=O)cc1. The number of anilines is 1. The fourth-order valence-corrected chi connectivity index (χ4v) is 6.24. The van der Waals surface area contributed by atoms with E-state index in [1.165, 1.54) is 17.0 Å². The Kier molecular flexibility index (Phi) is 5.20. The lowest BCUT2D eigenvalue weighted by atomic mass is 9.55. The zero-order chi connectivity index (χ0) is 25.8. The van der Waals surface area contributed by atoms with E-state index in [0.29, 0.717) is 5.69 Å². The summed E-state index contributed by atoms with van der Waals surface area (Å²) in [6.07, 6.45) is 0. The van der Waals surface area contributed by atoms with Crippen molar-refractivity contribution in [3.63, 3.8) is 0 Å². The molecule has 1 fully saturated rings. The fraction of sp³-hybridized carbons (Fsp3) is 0.200. The Labute approximate surface area is 213 Å². The van der Waals surface area contributed by atoms with Gasteiger partial charge in [-0.25, -0.2) is 9.69 Å². The fourth-order valence-electron chi connectivity index (χ4n) is 6.24. The van der Waals surface area contributed by atoms with Crippen molar-refractivity contribution < 1.29 is 24.2 Å². The maximum atomic E-state index is 13.8. The number of ether oxygens (including phenoxy) is 1. The molecule has 0 radical (unpaired) electrons. The number of amides is 2. The van der Waals surface area contributed by atoms with Gasteiger partial charge in [-0.1, -0.05) is 48.5 Å². The number of nitriles is 1. The van der Waals surface area contributed by atoms with Gasteiger partial charge in [-0.2, -0.15) is 5.26 Å². The largest absolute Gasteiger partial charge is 0.506 e. The molecule has 1 N–H and O–H groups in total. The Morgan fingerprint density at radius 1 is 0.865 bits per heavy atom. The highest BCUT2D eigenvalue weighted by Crippen LogP contribution is 2.61. The highest BCUT2D eigenvalue weighted by Gasteiger charge is 2.61. The normalized spacial score (nSPS) is 23.5. The minimum Gasteiger partial charge on any atom is -0.506 e. The highest BCUT2D eigenvalue weighted by molar-refractivity contribution is 6.23. The van der Waals surface area contributed by atoms with Crippen molar-refractivity contribution in [1.82, 2.24) is 0 Å². The zero-order valence-corrected chi connectivity index (χ0v) is 19.9. The van der Waals surface area contributed by atoms with Crippen molar-refractivity contribution in [3.05, 3.63) is 106 Å². The second-order valence-corrected chi connectivity index (χ2v) is 9.38. The standard InChI is InChI=1S/C30H22N2O5/c1-2-37-30(36)22(15-31)27(33)16-11-13-17(14-12-16)32-28(34)25-23-18-7-3-4-8-19(18)24(26(25)29(32)35)21-10-6-5-9-20(21)23/h3-14,23-26,33H,2H2,1H3. The van der Waals surface area contributed by atoms with Crippen LogP contribution in [0.5, 0.6) is 0 Å². The Morgan fingerprint density at radius 2 is 1.32 bits per heavy atom. The minimum atomic E-state index is -0.921. The van der Waals surface area contributed by atoms with E-state index in [-0.39, 0.29) is 35.8 Å². The van der Waals surface area contributed by atoms with Crippen LogP contribution in [0.2, 0.25) is 0 Å². The van der Waals surface area contributed by atoms with Crippen molar-refractivity contribution in [2.75, 3.05) is 11.5 Å². The van der Waals surface area contributed by atoms with Crippen LogP contribution >= 0.6 is 0 Å². The molecule has 2 bridgehead atoms. The lowest BCUT2D eigenvalue weighted by molar-refractivity contribution is -0.138. The summed E-state index contributed by atoms with van der Waals surface area (Å²) in [6, 6.07) is 23.8. The second-order valence-electron chi connectivity index (χ2n) is 9.38. The van der Waals surface area contributed by atoms with Crippen molar-refractivity contribution in [2.24, 2.45) is 11.8 Å². The average molecular weight is 491 g/mol. The number of imide groups is 1. The number of carbonyl (C=O) groups excluding carboxylic acids is 3. The first-order valence-corrected chi connectivity index (χ1v) is 12.1. The third-order valence-electron chi connectivity index (χ3n) is 7.68. The van der Waals surface area contributed by atoms with Gasteiger partial charge in [-0.15, -0.1) is 0 Å². The van der Waals surface area contributed by atoms with Crippen LogP contribution < -0.4 is 4.90 Å². The van der Waals surface area contributed by atoms with E-state index < -0.39 is 29.1 Å². The number of nitrogens with zero attached hydrogens (tertiary/aromatic N) is 2. The summed E-state index contributed by atoms with van der Waals surface area (Å²) in [6.45, 7) is 1.66. The summed E-state index contributed by atoms with van der Waals surface area (Å²) < 4.78 is 4.83. The number of carbonyl (C=O) groups is 3. The molecular formula is C30H22N2O5. The monoisotopic (exact) mass is 490 g/mol. The Balaban J connectivity index is 1.39. The summed E-state index contributed by atoms with van der Waals surface area (Å²) in [5, 5.41) is 19.8. The third-order valence-corrected chi connectivity index (χ3v) is 7.68. The van der Waals surface area contributed by atoms with Crippen LogP contribution in [0.3, 0.4) is 0 Å². The van der Waals surface area contributed by atoms with Crippen molar-refractivity contribution >= 4 is 29.2 Å². The number of aliphatic hydroxyl groups excluding tert-OH is 1. The van der Waals surface area contributed by atoms with Gasteiger partial charge in [0.15, 0.2) is 5.57 Å². The van der Waals surface area contributed by atoms with Gasteiger partial charge in [0.05, 0.1) is 24.1 Å². The van der Waals surface area contributed by atoms with Gasteiger partial charge < -0.3 is 9.84 Å². The van der Waals surface area contributed by atoms with Gasteiger partial charge in [0.25, 0.3) is 0 Å². The molecule has 4 aliphatic rings. The van der Waals surface area contributed by atoms with E-state index in [0.717, 1.165) is 22.3 Å². The lowest BCUT2D eigenvalue weighted by Gasteiger charge is -2.45. The lowest BCUT2D eigenvalue weighted by Crippen LogP contribution is -2.41. The first kappa shape index (κ1) is 22.7. The van der Waals surface area contributed by atoms with E-state index in [4.69, 9.17) is 4.74 Å². The minimum absolute atomic E-state index is 0.0630. The molecule has 182 valence electrons. The maximum Gasteiger partial charge on any atom is 0.352 e. The summed E-state index contributed by atoms with van der Waals surface area (Å²) in [5.74, 6) is -3.32. The molecule has 2 amide bonds. The van der Waals surface area contributed by atoms with Crippen LogP contribution in [-0.4, -0.2) is 29.5 Å². The molecule has 1 aliphatic heterocycles. The number of esters is 1. The van der Waals surface area contributed by atoms with Crippen LogP contribution in [0, 0.1) is 23.2 Å². The van der Waals surface area contributed by atoms with Crippen LogP contribution in [0.15, 0.2) is 78.4 Å². The predicted octanol–water partition coefficient (Wildman–Crippen LogP) is 4.44. The smallest absolute Gasteiger partial charge is 0.352 e. The van der Waals surface area contributed by atoms with Crippen LogP contribution in [0.4, 0.5) is 5.69 Å². The molecule has 7 nitrogen and oxygen atoms in total. The van der Waals surface area contributed by atoms with Gasteiger partial charge >= 0.3 is 5.97 Å². The summed E-state index contributed by atoms with van der Waals surface area (Å²) in [7, 11) is 0. The number of hydrogen-bond acceptors (Lipinski definition) is 6. The summed E-state index contributed by atoms with van der Waals surface area (Å²) >= 11 is 0. The molecule has 3 aliphatic carbocycles. The molecule has 7 heteroatoms. The van der Waals surface area contributed by atoms with Crippen molar-refractivity contribution in [3.8, 4) is 6.07 Å². The number of aliphatic hydroxyl groups is 1. The third kappa shape index (κ3) is 3.15. The number of benzene rings is 3. The summed E-state index contributed by atoms with van der Waals surface area (Å²) in [4.78, 5) is 40.9. The molecule has 2 atom stereocenters. The van der Waals surface area contributed by atoms with Crippen LogP contribution in [0.25, 0.3) is 5.76 Å². The van der Waals surface area contributed by atoms with Gasteiger partial charge in [0.1, 0.15) is 11.8 Å². The van der Waals surface area contributed by atoms with E-state index in [1.54, 1.807) is 25.1 Å². The van der Waals surface area contributed by atoms with Gasteiger partial charge in [0, 0.05) is 17.4 Å². The Hall–Kier alpha value is -4.70. The molecule has 7 rings (SSSR count). The van der Waals surface area contributed by atoms with E-state index in [2.05, 4.69) is 24.3 Å². The van der Waals surface area contributed by atoms with E-state index >= 15 is 0 Å². The van der Waals surface area contributed by atoms with Gasteiger partial charge in [-0.3, -0.25) is 9.59 Å². The molecule has 0 spiro atoms. The molecule has 0 aromatic heterocycles. The summed E-state index contributed by atoms with van der Waals surface area (Å²) in [5.41, 5.74) is 4.47. The van der Waals surface area contributed by atoms with Gasteiger partial charge in [0.2, 0.25) is 11.8 Å². The highest BCUT2D eigenvalue weighted by atomic mass is 16.5. The predicted molar refractivity (Wildman–Crippen MR) is 134 cm³/mol. The molecule has 1 saturated heterocycles. The van der Waals surface area contributed by atoms with E-state index in [1.807, 2.05) is 24.3 Å². The van der Waals surface area contributed by atoms with E-state index in [9.17, 15) is 24.8 Å².